The largest absolute Gasteiger partial charge is 0.493 e. The summed E-state index contributed by atoms with van der Waals surface area (Å²) >= 11 is 0. The molecule has 0 aromatic heterocycles. The average Bonchev–Trinajstić information content (AvgIpc) is 2.43. The standard InChI is InChI=1S/C13H19F2NO4S/c1-3-6-20-12-5-4-11(7-10(12)9-17)21(18,19)16(2)8-13(14)15/h4-5,7,13,17H,3,6,8-9H2,1-2H3. The summed E-state index contributed by atoms with van der Waals surface area (Å²) in [6.45, 7) is 1.06. The molecule has 8 heteroatoms. The Morgan fingerprint density at radius 3 is 2.57 bits per heavy atom. The fourth-order valence-corrected chi connectivity index (χ4v) is 2.87. The highest BCUT2D eigenvalue weighted by Crippen LogP contribution is 2.25. The maximum Gasteiger partial charge on any atom is 0.252 e. The van der Waals surface area contributed by atoms with Gasteiger partial charge in [-0.05, 0) is 24.6 Å². The van der Waals surface area contributed by atoms with E-state index in [9.17, 15) is 22.3 Å². The molecule has 0 fully saturated rings. The van der Waals surface area contributed by atoms with Crippen molar-refractivity contribution in [2.45, 2.75) is 31.3 Å². The average molecular weight is 323 g/mol. The Bertz CT molecular complexity index is 563. The van der Waals surface area contributed by atoms with Crippen LogP contribution in [0.25, 0.3) is 0 Å². The van der Waals surface area contributed by atoms with Crippen LogP contribution in [0, 0.1) is 0 Å². The highest BCUT2D eigenvalue weighted by atomic mass is 32.2. The van der Waals surface area contributed by atoms with E-state index in [1.165, 1.54) is 18.2 Å². The number of hydrogen-bond acceptors (Lipinski definition) is 4. The fraction of sp³-hybridized carbons (Fsp3) is 0.538. The van der Waals surface area contributed by atoms with E-state index in [-0.39, 0.29) is 4.90 Å². The summed E-state index contributed by atoms with van der Waals surface area (Å²) < 4.78 is 54.9. The van der Waals surface area contributed by atoms with Crippen molar-refractivity contribution in [2.24, 2.45) is 0 Å². The molecule has 0 heterocycles. The minimum atomic E-state index is -4.02. The molecular formula is C13H19F2NO4S. The molecule has 1 rings (SSSR count). The van der Waals surface area contributed by atoms with Crippen LogP contribution in [0.5, 0.6) is 5.75 Å². The number of halogens is 2. The van der Waals surface area contributed by atoms with Crippen molar-refractivity contribution in [3.8, 4) is 5.75 Å². The van der Waals surface area contributed by atoms with Gasteiger partial charge in [-0.25, -0.2) is 17.2 Å². The van der Waals surface area contributed by atoms with Gasteiger partial charge in [0.1, 0.15) is 5.75 Å². The third-order valence-corrected chi connectivity index (χ3v) is 4.59. The van der Waals surface area contributed by atoms with Crippen LogP contribution in [0.15, 0.2) is 23.1 Å². The Morgan fingerprint density at radius 2 is 2.05 bits per heavy atom. The molecule has 0 spiro atoms. The monoisotopic (exact) mass is 323 g/mol. The van der Waals surface area contributed by atoms with E-state index in [4.69, 9.17) is 4.74 Å². The number of aliphatic hydroxyl groups is 1. The molecule has 0 aliphatic carbocycles. The van der Waals surface area contributed by atoms with E-state index in [1.807, 2.05) is 6.92 Å². The van der Waals surface area contributed by atoms with Crippen molar-refractivity contribution < 1.29 is 27.0 Å². The highest BCUT2D eigenvalue weighted by Gasteiger charge is 2.24. The van der Waals surface area contributed by atoms with Gasteiger partial charge < -0.3 is 9.84 Å². The molecule has 0 unspecified atom stereocenters. The Balaban J connectivity index is 3.08. The second kappa shape index (κ2) is 7.67. The SMILES string of the molecule is CCCOc1ccc(S(=O)(=O)N(C)CC(F)F)cc1CO. The van der Waals surface area contributed by atoms with E-state index in [0.29, 0.717) is 22.2 Å². The topological polar surface area (TPSA) is 66.8 Å². The van der Waals surface area contributed by atoms with Crippen LogP contribution in [-0.4, -0.2) is 44.5 Å². The molecule has 1 aromatic rings. The summed E-state index contributed by atoms with van der Waals surface area (Å²) in [7, 11) is -2.93. The Kier molecular flexibility index (Phi) is 6.50. The minimum Gasteiger partial charge on any atom is -0.493 e. The zero-order valence-electron chi connectivity index (χ0n) is 11.9. The first-order chi connectivity index (χ1) is 9.82. The van der Waals surface area contributed by atoms with Gasteiger partial charge in [0.25, 0.3) is 6.43 Å². The first kappa shape index (κ1) is 17.8. The summed E-state index contributed by atoms with van der Waals surface area (Å²) in [6, 6.07) is 3.94. The lowest BCUT2D eigenvalue weighted by Crippen LogP contribution is -2.31. The van der Waals surface area contributed by atoms with Crippen LogP contribution in [0.2, 0.25) is 0 Å². The number of ether oxygens (including phenoxy) is 1. The van der Waals surface area contributed by atoms with Gasteiger partial charge in [0, 0.05) is 12.6 Å². The third kappa shape index (κ3) is 4.62. The maximum absolute atomic E-state index is 12.3. The lowest BCUT2D eigenvalue weighted by atomic mass is 10.2. The van der Waals surface area contributed by atoms with Crippen LogP contribution in [0.4, 0.5) is 8.78 Å². The van der Waals surface area contributed by atoms with Gasteiger partial charge in [-0.1, -0.05) is 6.92 Å². The van der Waals surface area contributed by atoms with Crippen LogP contribution >= 0.6 is 0 Å². The molecule has 5 nitrogen and oxygen atoms in total. The van der Waals surface area contributed by atoms with Gasteiger partial charge in [-0.15, -0.1) is 0 Å². The number of alkyl halides is 2. The molecule has 0 saturated carbocycles. The molecule has 0 aliphatic heterocycles. The molecule has 0 radical (unpaired) electrons. The molecule has 0 bridgehead atoms. The molecule has 0 aliphatic rings. The van der Waals surface area contributed by atoms with Crippen molar-refractivity contribution >= 4 is 10.0 Å². The van der Waals surface area contributed by atoms with E-state index >= 15 is 0 Å². The Morgan fingerprint density at radius 1 is 1.38 bits per heavy atom. The van der Waals surface area contributed by atoms with E-state index in [0.717, 1.165) is 13.5 Å². The fourth-order valence-electron chi connectivity index (χ4n) is 1.67. The Labute approximate surface area is 123 Å². The summed E-state index contributed by atoms with van der Waals surface area (Å²) in [5, 5.41) is 9.28. The summed E-state index contributed by atoms with van der Waals surface area (Å²) in [5.41, 5.74) is 0.301. The van der Waals surface area contributed by atoms with Crippen LogP contribution < -0.4 is 4.74 Å². The maximum atomic E-state index is 12.3. The number of hydrogen-bond donors (Lipinski definition) is 1. The van der Waals surface area contributed by atoms with Crippen molar-refractivity contribution in [3.63, 3.8) is 0 Å². The lowest BCUT2D eigenvalue weighted by molar-refractivity contribution is 0.126. The lowest BCUT2D eigenvalue weighted by Gasteiger charge is -2.18. The predicted molar refractivity (Wildman–Crippen MR) is 74.0 cm³/mol. The number of rotatable bonds is 8. The van der Waals surface area contributed by atoms with Crippen molar-refractivity contribution in [3.05, 3.63) is 23.8 Å². The van der Waals surface area contributed by atoms with Crippen molar-refractivity contribution in [1.29, 1.82) is 0 Å². The molecule has 1 N–H and O–H groups in total. The number of benzene rings is 1. The summed E-state index contributed by atoms with van der Waals surface area (Å²) in [6.07, 6.45) is -1.99. The highest BCUT2D eigenvalue weighted by molar-refractivity contribution is 7.89. The second-order valence-corrected chi connectivity index (χ2v) is 6.50. The smallest absolute Gasteiger partial charge is 0.252 e. The normalized spacial score (nSPS) is 12.1. The van der Waals surface area contributed by atoms with Gasteiger partial charge in [-0.2, -0.15) is 4.31 Å². The molecule has 0 atom stereocenters. The Hall–Kier alpha value is -1.25. The van der Waals surface area contributed by atoms with Gasteiger partial charge in [-0.3, -0.25) is 0 Å². The van der Waals surface area contributed by atoms with Crippen LogP contribution in [-0.2, 0) is 16.6 Å². The third-order valence-electron chi connectivity index (χ3n) is 2.77. The minimum absolute atomic E-state index is 0.154. The first-order valence-electron chi connectivity index (χ1n) is 6.44. The van der Waals surface area contributed by atoms with E-state index in [2.05, 4.69) is 0 Å². The van der Waals surface area contributed by atoms with E-state index < -0.39 is 29.6 Å². The van der Waals surface area contributed by atoms with Gasteiger partial charge in [0.2, 0.25) is 10.0 Å². The molecule has 21 heavy (non-hydrogen) atoms. The molecule has 0 amide bonds. The summed E-state index contributed by atoms with van der Waals surface area (Å²) in [4.78, 5) is -0.154. The van der Waals surface area contributed by atoms with Crippen LogP contribution in [0.3, 0.4) is 0 Å². The molecule has 120 valence electrons. The summed E-state index contributed by atoms with van der Waals surface area (Å²) in [5.74, 6) is 0.384. The van der Waals surface area contributed by atoms with Crippen molar-refractivity contribution in [2.75, 3.05) is 20.2 Å². The van der Waals surface area contributed by atoms with Gasteiger partial charge >= 0.3 is 0 Å². The van der Waals surface area contributed by atoms with Gasteiger partial charge in [0.05, 0.1) is 24.7 Å². The molecular weight excluding hydrogens is 304 g/mol. The number of sulfonamides is 1. The predicted octanol–water partition coefficient (Wildman–Crippen LogP) is 1.85. The quantitative estimate of drug-likeness (QED) is 0.793. The molecule has 1 aromatic carbocycles. The number of aliphatic hydroxyl groups excluding tert-OH is 1. The molecule has 0 saturated heterocycles. The number of nitrogens with zero attached hydrogens (tertiary/aromatic N) is 1. The second-order valence-electron chi connectivity index (χ2n) is 4.45. The van der Waals surface area contributed by atoms with E-state index in [1.54, 1.807) is 0 Å². The zero-order chi connectivity index (χ0) is 16.0. The van der Waals surface area contributed by atoms with Gasteiger partial charge in [0.15, 0.2) is 0 Å². The van der Waals surface area contributed by atoms with Crippen LogP contribution in [0.1, 0.15) is 18.9 Å². The first-order valence-corrected chi connectivity index (χ1v) is 7.88. The zero-order valence-corrected chi connectivity index (χ0v) is 12.7. The van der Waals surface area contributed by atoms with Crippen molar-refractivity contribution in [1.82, 2.24) is 4.31 Å².